The minimum atomic E-state index is 0.162. The molecule has 3 heteroatoms. The smallest absolute Gasteiger partial charge is 0.220 e. The van der Waals surface area contributed by atoms with Crippen LogP contribution in [0.3, 0.4) is 0 Å². The first kappa shape index (κ1) is 15.0. The Hall–Kier alpha value is -1.35. The molecule has 1 aliphatic rings. The summed E-state index contributed by atoms with van der Waals surface area (Å²) in [6.45, 7) is 2.83. The van der Waals surface area contributed by atoms with Gasteiger partial charge in [0.1, 0.15) is 0 Å². The highest BCUT2D eigenvalue weighted by atomic mass is 16.1. The van der Waals surface area contributed by atoms with Crippen LogP contribution in [-0.2, 0) is 17.6 Å². The largest absolute Gasteiger partial charge is 0.353 e. The molecule has 0 bridgehead atoms. The average molecular weight is 274 g/mol. The average Bonchev–Trinajstić information content (AvgIpc) is 2.92. The SMILES string of the molecule is CCc1ccc(CCC(=O)NC2CCCC2CN)cc1. The quantitative estimate of drug-likeness (QED) is 0.837. The van der Waals surface area contributed by atoms with Crippen LogP contribution in [-0.4, -0.2) is 18.5 Å². The van der Waals surface area contributed by atoms with Gasteiger partial charge in [-0.2, -0.15) is 0 Å². The Labute approximate surface area is 121 Å². The summed E-state index contributed by atoms with van der Waals surface area (Å²) in [7, 11) is 0. The van der Waals surface area contributed by atoms with E-state index in [0.717, 1.165) is 25.7 Å². The highest BCUT2D eigenvalue weighted by molar-refractivity contribution is 5.76. The van der Waals surface area contributed by atoms with Crippen molar-refractivity contribution in [1.82, 2.24) is 5.32 Å². The van der Waals surface area contributed by atoms with E-state index in [1.54, 1.807) is 0 Å². The third-order valence-electron chi connectivity index (χ3n) is 4.38. The van der Waals surface area contributed by atoms with Crippen molar-refractivity contribution < 1.29 is 4.79 Å². The van der Waals surface area contributed by atoms with Gasteiger partial charge in [-0.1, -0.05) is 37.6 Å². The second-order valence-electron chi connectivity index (χ2n) is 5.77. The number of carbonyl (C=O) groups is 1. The number of nitrogens with one attached hydrogen (secondary N) is 1. The second-order valence-corrected chi connectivity index (χ2v) is 5.77. The van der Waals surface area contributed by atoms with Crippen molar-refractivity contribution in [3.05, 3.63) is 35.4 Å². The molecule has 0 radical (unpaired) electrons. The summed E-state index contributed by atoms with van der Waals surface area (Å²) in [5.74, 6) is 0.637. The minimum absolute atomic E-state index is 0.162. The van der Waals surface area contributed by atoms with Gasteiger partial charge in [0, 0.05) is 12.5 Å². The molecule has 1 aliphatic carbocycles. The van der Waals surface area contributed by atoms with Crippen LogP contribution < -0.4 is 11.1 Å². The fraction of sp³-hybridized carbons (Fsp3) is 0.588. The van der Waals surface area contributed by atoms with Gasteiger partial charge >= 0.3 is 0 Å². The fourth-order valence-electron chi connectivity index (χ4n) is 2.99. The summed E-state index contributed by atoms with van der Waals surface area (Å²) >= 11 is 0. The standard InChI is InChI=1S/C17H26N2O/c1-2-13-6-8-14(9-7-13)10-11-17(20)19-16-5-3-4-15(16)12-18/h6-9,15-16H,2-5,10-12,18H2,1H3,(H,19,20). The van der Waals surface area contributed by atoms with Gasteiger partial charge in [-0.25, -0.2) is 0 Å². The third-order valence-corrected chi connectivity index (χ3v) is 4.38. The van der Waals surface area contributed by atoms with Crippen molar-refractivity contribution >= 4 is 5.91 Å². The van der Waals surface area contributed by atoms with Crippen molar-refractivity contribution in [2.24, 2.45) is 11.7 Å². The van der Waals surface area contributed by atoms with Gasteiger partial charge in [0.2, 0.25) is 5.91 Å². The van der Waals surface area contributed by atoms with Crippen LogP contribution >= 0.6 is 0 Å². The number of carbonyl (C=O) groups excluding carboxylic acids is 1. The summed E-state index contributed by atoms with van der Waals surface area (Å²) in [4.78, 5) is 12.0. The Kier molecular flexibility index (Phi) is 5.60. The third kappa shape index (κ3) is 4.07. The molecular formula is C17H26N2O. The van der Waals surface area contributed by atoms with Gasteiger partial charge in [0.15, 0.2) is 0 Å². The molecule has 1 fully saturated rings. The van der Waals surface area contributed by atoms with E-state index in [4.69, 9.17) is 5.73 Å². The summed E-state index contributed by atoms with van der Waals surface area (Å²) in [5, 5.41) is 3.15. The molecule has 1 aromatic rings. The molecule has 2 unspecified atom stereocenters. The molecule has 3 nitrogen and oxygen atoms in total. The maximum atomic E-state index is 12.0. The predicted octanol–water partition coefficient (Wildman–Crippen LogP) is 2.43. The van der Waals surface area contributed by atoms with Crippen LogP contribution in [0.5, 0.6) is 0 Å². The molecule has 110 valence electrons. The van der Waals surface area contributed by atoms with Crippen molar-refractivity contribution in [2.75, 3.05) is 6.54 Å². The topological polar surface area (TPSA) is 55.1 Å². The van der Waals surface area contributed by atoms with Gasteiger partial charge in [-0.3, -0.25) is 4.79 Å². The lowest BCUT2D eigenvalue weighted by Gasteiger charge is -2.19. The van der Waals surface area contributed by atoms with Crippen LogP contribution in [0.1, 0.15) is 43.7 Å². The number of aryl methyl sites for hydroxylation is 2. The summed E-state index contributed by atoms with van der Waals surface area (Å²) < 4.78 is 0. The zero-order valence-corrected chi connectivity index (χ0v) is 12.4. The first-order chi connectivity index (χ1) is 9.72. The monoisotopic (exact) mass is 274 g/mol. The van der Waals surface area contributed by atoms with Gasteiger partial charge < -0.3 is 11.1 Å². The second kappa shape index (κ2) is 7.44. The molecule has 1 aromatic carbocycles. The number of benzene rings is 1. The Bertz CT molecular complexity index is 427. The Morgan fingerprint density at radius 3 is 2.60 bits per heavy atom. The predicted molar refractivity (Wildman–Crippen MR) is 82.5 cm³/mol. The Balaban J connectivity index is 1.76. The maximum Gasteiger partial charge on any atom is 0.220 e. The van der Waals surface area contributed by atoms with Gasteiger partial charge in [0.25, 0.3) is 0 Å². The molecule has 3 N–H and O–H groups in total. The van der Waals surface area contributed by atoms with Crippen LogP contribution in [0, 0.1) is 5.92 Å². The molecule has 2 rings (SSSR count). The van der Waals surface area contributed by atoms with Crippen molar-refractivity contribution in [2.45, 2.75) is 51.5 Å². The van der Waals surface area contributed by atoms with E-state index < -0.39 is 0 Å². The normalized spacial score (nSPS) is 21.9. The van der Waals surface area contributed by atoms with Crippen LogP contribution in [0.2, 0.25) is 0 Å². The highest BCUT2D eigenvalue weighted by Gasteiger charge is 2.26. The van der Waals surface area contributed by atoms with E-state index in [1.165, 1.54) is 17.5 Å². The van der Waals surface area contributed by atoms with Crippen LogP contribution in [0.15, 0.2) is 24.3 Å². The van der Waals surface area contributed by atoms with Crippen molar-refractivity contribution in [3.8, 4) is 0 Å². The zero-order valence-electron chi connectivity index (χ0n) is 12.4. The van der Waals surface area contributed by atoms with Crippen LogP contribution in [0.4, 0.5) is 0 Å². The van der Waals surface area contributed by atoms with Crippen molar-refractivity contribution in [1.29, 1.82) is 0 Å². The summed E-state index contributed by atoms with van der Waals surface area (Å²) in [6.07, 6.45) is 5.86. The highest BCUT2D eigenvalue weighted by Crippen LogP contribution is 2.24. The summed E-state index contributed by atoms with van der Waals surface area (Å²) in [5.41, 5.74) is 8.32. The molecule has 0 saturated heterocycles. The lowest BCUT2D eigenvalue weighted by Crippen LogP contribution is -2.39. The van der Waals surface area contributed by atoms with E-state index in [0.29, 0.717) is 24.9 Å². The lowest BCUT2D eigenvalue weighted by molar-refractivity contribution is -0.122. The van der Waals surface area contributed by atoms with Crippen LogP contribution in [0.25, 0.3) is 0 Å². The molecule has 0 aliphatic heterocycles. The summed E-state index contributed by atoms with van der Waals surface area (Å²) in [6, 6.07) is 8.85. The molecule has 0 aromatic heterocycles. The van der Waals surface area contributed by atoms with Gasteiger partial charge in [-0.05, 0) is 49.3 Å². The minimum Gasteiger partial charge on any atom is -0.353 e. The number of hydrogen-bond acceptors (Lipinski definition) is 2. The molecule has 1 saturated carbocycles. The Morgan fingerprint density at radius 2 is 1.95 bits per heavy atom. The number of hydrogen-bond donors (Lipinski definition) is 2. The number of rotatable bonds is 6. The molecule has 0 spiro atoms. The van der Waals surface area contributed by atoms with Crippen molar-refractivity contribution in [3.63, 3.8) is 0 Å². The first-order valence-electron chi connectivity index (χ1n) is 7.80. The molecular weight excluding hydrogens is 248 g/mol. The van der Waals surface area contributed by atoms with E-state index in [2.05, 4.69) is 36.5 Å². The first-order valence-corrected chi connectivity index (χ1v) is 7.80. The maximum absolute atomic E-state index is 12.0. The number of nitrogens with two attached hydrogens (primary N) is 1. The van der Waals surface area contributed by atoms with E-state index in [1.807, 2.05) is 0 Å². The Morgan fingerprint density at radius 1 is 1.25 bits per heavy atom. The number of amides is 1. The molecule has 20 heavy (non-hydrogen) atoms. The fourth-order valence-corrected chi connectivity index (χ4v) is 2.99. The van der Waals surface area contributed by atoms with E-state index >= 15 is 0 Å². The molecule has 2 atom stereocenters. The van der Waals surface area contributed by atoms with E-state index in [9.17, 15) is 4.79 Å². The van der Waals surface area contributed by atoms with E-state index in [-0.39, 0.29) is 5.91 Å². The van der Waals surface area contributed by atoms with Gasteiger partial charge in [0.05, 0.1) is 0 Å². The van der Waals surface area contributed by atoms with Gasteiger partial charge in [-0.15, -0.1) is 0 Å². The molecule has 1 amide bonds. The zero-order chi connectivity index (χ0) is 14.4. The lowest BCUT2D eigenvalue weighted by atomic mass is 10.0. The molecule has 0 heterocycles.